The first-order valence-electron chi connectivity index (χ1n) is 8.01. The summed E-state index contributed by atoms with van der Waals surface area (Å²) in [5.74, 6) is 1.08. The van der Waals surface area contributed by atoms with Gasteiger partial charge in [0.15, 0.2) is 0 Å². The molecular weight excluding hydrogens is 306 g/mol. The van der Waals surface area contributed by atoms with Gasteiger partial charge in [-0.25, -0.2) is 4.68 Å². The van der Waals surface area contributed by atoms with Crippen molar-refractivity contribution in [1.82, 2.24) is 25.2 Å². The van der Waals surface area contributed by atoms with Gasteiger partial charge in [0, 0.05) is 31.0 Å². The lowest BCUT2D eigenvalue weighted by molar-refractivity contribution is -0.0438. The summed E-state index contributed by atoms with van der Waals surface area (Å²) in [4.78, 5) is 4.51. The first kappa shape index (κ1) is 15.0. The van der Waals surface area contributed by atoms with Crippen LogP contribution in [0.4, 0.5) is 0 Å². The molecular formula is C17H19N5O2. The van der Waals surface area contributed by atoms with Crippen molar-refractivity contribution in [3.8, 4) is 17.1 Å². The van der Waals surface area contributed by atoms with Crippen molar-refractivity contribution in [2.45, 2.75) is 26.1 Å². The number of aromatic nitrogens is 4. The van der Waals surface area contributed by atoms with E-state index in [1.54, 1.807) is 6.20 Å². The predicted octanol–water partition coefficient (Wildman–Crippen LogP) is 2.28. The van der Waals surface area contributed by atoms with Crippen LogP contribution in [0.25, 0.3) is 17.1 Å². The molecule has 0 amide bonds. The lowest BCUT2D eigenvalue weighted by Gasteiger charge is -2.25. The molecule has 1 aliphatic heterocycles. The third kappa shape index (κ3) is 2.83. The van der Waals surface area contributed by atoms with E-state index in [0.717, 1.165) is 23.4 Å². The Labute approximate surface area is 139 Å². The summed E-state index contributed by atoms with van der Waals surface area (Å²) in [6, 6.07) is 7.92. The van der Waals surface area contributed by atoms with Crippen molar-refractivity contribution in [3.63, 3.8) is 0 Å². The zero-order valence-corrected chi connectivity index (χ0v) is 13.6. The topological polar surface area (TPSA) is 78.0 Å². The second kappa shape index (κ2) is 6.18. The summed E-state index contributed by atoms with van der Waals surface area (Å²) in [6.07, 6.45) is 3.62. The molecule has 7 heteroatoms. The van der Waals surface area contributed by atoms with E-state index >= 15 is 0 Å². The van der Waals surface area contributed by atoms with Crippen LogP contribution >= 0.6 is 0 Å². The molecule has 0 unspecified atom stereocenters. The highest BCUT2D eigenvalue weighted by molar-refractivity contribution is 5.59. The average Bonchev–Trinajstić information content (AvgIpc) is 3.27. The van der Waals surface area contributed by atoms with Crippen LogP contribution in [0.5, 0.6) is 0 Å². The molecule has 124 valence electrons. The molecule has 1 saturated heterocycles. The first-order chi connectivity index (χ1) is 11.7. The second-order valence-corrected chi connectivity index (χ2v) is 6.00. The van der Waals surface area contributed by atoms with Crippen molar-refractivity contribution in [1.29, 1.82) is 0 Å². The van der Waals surface area contributed by atoms with E-state index in [2.05, 4.69) is 20.6 Å². The zero-order valence-electron chi connectivity index (χ0n) is 13.6. The van der Waals surface area contributed by atoms with Crippen LogP contribution in [0.1, 0.15) is 24.5 Å². The molecule has 0 spiro atoms. The van der Waals surface area contributed by atoms with Crippen LogP contribution in [0.3, 0.4) is 0 Å². The molecule has 7 nitrogen and oxygen atoms in total. The minimum Gasteiger partial charge on any atom is -0.363 e. The van der Waals surface area contributed by atoms with Gasteiger partial charge in [0.05, 0.1) is 11.8 Å². The zero-order chi connectivity index (χ0) is 16.5. The van der Waals surface area contributed by atoms with E-state index in [-0.39, 0.29) is 12.2 Å². The monoisotopic (exact) mass is 325 g/mol. The number of hydrogen-bond acceptors (Lipinski definition) is 6. The number of hydrogen-bond donors (Lipinski definition) is 1. The van der Waals surface area contributed by atoms with E-state index in [0.29, 0.717) is 18.3 Å². The van der Waals surface area contributed by atoms with Crippen molar-refractivity contribution in [2.24, 2.45) is 0 Å². The number of morpholine rings is 1. The maximum Gasteiger partial charge on any atom is 0.257 e. The Balaban J connectivity index is 1.59. The second-order valence-electron chi connectivity index (χ2n) is 6.00. The SMILES string of the molecule is Cc1cc(-c2noc([C@H]3CNC[C@@H](C)O3)n2)ccc1-n1cccn1. The summed E-state index contributed by atoms with van der Waals surface area (Å²) in [7, 11) is 0. The maximum absolute atomic E-state index is 5.84. The fraction of sp³-hybridized carbons (Fsp3) is 0.353. The molecule has 1 aliphatic rings. The predicted molar refractivity (Wildman–Crippen MR) is 87.8 cm³/mol. The van der Waals surface area contributed by atoms with Gasteiger partial charge in [0.25, 0.3) is 5.89 Å². The van der Waals surface area contributed by atoms with Gasteiger partial charge in [0.1, 0.15) is 6.10 Å². The Kier molecular flexibility index (Phi) is 3.87. The summed E-state index contributed by atoms with van der Waals surface area (Å²) in [6.45, 7) is 5.58. The van der Waals surface area contributed by atoms with Gasteiger partial charge in [-0.3, -0.25) is 0 Å². The molecule has 1 N–H and O–H groups in total. The first-order valence-corrected chi connectivity index (χ1v) is 8.01. The molecule has 24 heavy (non-hydrogen) atoms. The summed E-state index contributed by atoms with van der Waals surface area (Å²) >= 11 is 0. The fourth-order valence-corrected chi connectivity index (χ4v) is 2.89. The third-order valence-corrected chi connectivity index (χ3v) is 4.08. The highest BCUT2D eigenvalue weighted by Gasteiger charge is 2.26. The van der Waals surface area contributed by atoms with Crippen LogP contribution < -0.4 is 5.32 Å². The average molecular weight is 325 g/mol. The van der Waals surface area contributed by atoms with Gasteiger partial charge < -0.3 is 14.6 Å². The number of benzene rings is 1. The molecule has 4 rings (SSSR count). The molecule has 2 aromatic heterocycles. The molecule has 1 aromatic carbocycles. The van der Waals surface area contributed by atoms with E-state index in [9.17, 15) is 0 Å². The standard InChI is InChI=1S/C17H19N5O2/c1-11-8-13(4-5-14(11)22-7-3-6-19-22)16-20-17(24-21-16)15-10-18-9-12(2)23-15/h3-8,12,15,18H,9-10H2,1-2H3/t12-,15-/m1/s1. The van der Waals surface area contributed by atoms with Crippen molar-refractivity contribution in [3.05, 3.63) is 48.1 Å². The molecule has 0 radical (unpaired) electrons. The summed E-state index contributed by atoms with van der Waals surface area (Å²) < 4.78 is 13.1. The van der Waals surface area contributed by atoms with E-state index in [1.165, 1.54) is 0 Å². The number of aryl methyl sites for hydroxylation is 1. The van der Waals surface area contributed by atoms with Gasteiger partial charge in [-0.1, -0.05) is 5.16 Å². The Hall–Kier alpha value is -2.51. The number of nitrogens with one attached hydrogen (secondary N) is 1. The fourth-order valence-electron chi connectivity index (χ4n) is 2.89. The van der Waals surface area contributed by atoms with Gasteiger partial charge >= 0.3 is 0 Å². The quantitative estimate of drug-likeness (QED) is 0.796. The minimum atomic E-state index is -0.195. The van der Waals surface area contributed by atoms with E-state index < -0.39 is 0 Å². The highest BCUT2D eigenvalue weighted by Crippen LogP contribution is 2.25. The van der Waals surface area contributed by atoms with Crippen LogP contribution in [0.15, 0.2) is 41.2 Å². The lowest BCUT2D eigenvalue weighted by atomic mass is 10.1. The van der Waals surface area contributed by atoms with Crippen LogP contribution in [0.2, 0.25) is 0 Å². The minimum absolute atomic E-state index is 0.134. The van der Waals surface area contributed by atoms with Crippen molar-refractivity contribution in [2.75, 3.05) is 13.1 Å². The molecule has 2 atom stereocenters. The van der Waals surface area contributed by atoms with Crippen LogP contribution in [0, 0.1) is 6.92 Å². The maximum atomic E-state index is 5.84. The largest absolute Gasteiger partial charge is 0.363 e. The molecule has 3 aromatic rings. The summed E-state index contributed by atoms with van der Waals surface area (Å²) in [5.41, 5.74) is 3.03. The van der Waals surface area contributed by atoms with Gasteiger partial charge in [-0.15, -0.1) is 0 Å². The van der Waals surface area contributed by atoms with Crippen molar-refractivity contribution < 1.29 is 9.26 Å². The van der Waals surface area contributed by atoms with Gasteiger partial charge in [-0.05, 0) is 43.7 Å². The van der Waals surface area contributed by atoms with Crippen LogP contribution in [-0.2, 0) is 4.74 Å². The van der Waals surface area contributed by atoms with Gasteiger partial charge in [-0.2, -0.15) is 10.1 Å². The Morgan fingerprint density at radius 1 is 1.29 bits per heavy atom. The normalized spacial score (nSPS) is 21.1. The Morgan fingerprint density at radius 2 is 2.21 bits per heavy atom. The Morgan fingerprint density at radius 3 is 2.96 bits per heavy atom. The molecule has 3 heterocycles. The Bertz CT molecular complexity index is 827. The van der Waals surface area contributed by atoms with E-state index in [1.807, 2.05) is 49.0 Å². The molecule has 0 aliphatic carbocycles. The molecule has 0 bridgehead atoms. The highest BCUT2D eigenvalue weighted by atomic mass is 16.5. The smallest absolute Gasteiger partial charge is 0.257 e. The van der Waals surface area contributed by atoms with Crippen molar-refractivity contribution >= 4 is 0 Å². The molecule has 0 saturated carbocycles. The molecule has 1 fully saturated rings. The third-order valence-electron chi connectivity index (χ3n) is 4.08. The van der Waals surface area contributed by atoms with Gasteiger partial charge in [0.2, 0.25) is 5.82 Å². The lowest BCUT2D eigenvalue weighted by Crippen LogP contribution is -2.39. The van der Waals surface area contributed by atoms with Crippen LogP contribution in [-0.4, -0.2) is 39.1 Å². The number of ether oxygens (including phenoxy) is 1. The van der Waals surface area contributed by atoms with E-state index in [4.69, 9.17) is 9.26 Å². The number of nitrogens with zero attached hydrogens (tertiary/aromatic N) is 4. The number of rotatable bonds is 3. The summed E-state index contributed by atoms with van der Waals surface area (Å²) in [5, 5.41) is 11.7.